The fourth-order valence-electron chi connectivity index (χ4n) is 14.7. The van der Waals surface area contributed by atoms with Gasteiger partial charge in [-0.05, 0) is 212 Å². The average Bonchev–Trinajstić information content (AvgIpc) is 0.754. The molecule has 0 unspecified atom stereocenters. The molecule has 3 aliphatic rings. The minimum atomic E-state index is -4.75. The van der Waals surface area contributed by atoms with Gasteiger partial charge in [-0.3, -0.25) is 19.2 Å². The Balaban J connectivity index is 0.942. The van der Waals surface area contributed by atoms with E-state index in [0.29, 0.717) is 83.5 Å². The van der Waals surface area contributed by atoms with Crippen LogP contribution in [-0.2, 0) is 73.0 Å². The van der Waals surface area contributed by atoms with Crippen LogP contribution < -0.4 is 16.0 Å². The predicted octanol–water partition coefficient (Wildman–Crippen LogP) is 14.4. The van der Waals surface area contributed by atoms with E-state index in [-0.39, 0.29) is 62.1 Å². The van der Waals surface area contributed by atoms with Crippen molar-refractivity contribution < 1.29 is 36.0 Å². The molecule has 3 saturated heterocycles. The van der Waals surface area contributed by atoms with Crippen LogP contribution in [0, 0.1) is 0 Å². The first-order valence-corrected chi connectivity index (χ1v) is 39.3. The van der Waals surface area contributed by atoms with Gasteiger partial charge in [0.1, 0.15) is 18.1 Å². The molecule has 7 aromatic carbocycles. The maximum atomic E-state index is 15.8. The molecule has 4 amide bonds. The molecule has 0 spiro atoms. The first-order chi connectivity index (χ1) is 47.8. The standard InChI is InChI=1S/C82H102N6O8S2/c89-79(83-71(49-25-43-64-31-7-1-8-32-64)50-26-44-65-33-9-2-10-34-65)76-55-19-22-58-86(76)82(92)70-61-74(97(93,94)87-59-23-20-56-77(87)80(90)84-72(51-27-45-66-35-11-3-12-36-66)52-28-46-67-37-13-4-14-38-67)63-75(62-70)98(95,96)88-60-24-21-57-78(88)81(91)85-73(53-29-47-68-39-15-5-16-40-68)54-30-48-69-41-17-6-18-42-69/h1-18,31-42,61-63,71-73,76-78H,19-30,43-60H2,(H,83,89)(H,84,90)(H,85,91)/t76-,77-,78-/m0/s1. The number of aryl methyl sites for hydroxylation is 6. The van der Waals surface area contributed by atoms with Gasteiger partial charge in [0.15, 0.2) is 0 Å². The Morgan fingerprint density at radius 2 is 0.592 bits per heavy atom. The number of likely N-dealkylation sites (tertiary alicyclic amines) is 1. The highest BCUT2D eigenvalue weighted by Crippen LogP contribution is 2.34. The van der Waals surface area contributed by atoms with E-state index >= 15 is 21.6 Å². The maximum Gasteiger partial charge on any atom is 0.254 e. The quantitative estimate of drug-likeness (QED) is 0.0351. The van der Waals surface area contributed by atoms with Crippen molar-refractivity contribution in [3.05, 3.63) is 239 Å². The van der Waals surface area contributed by atoms with Crippen molar-refractivity contribution in [3.8, 4) is 0 Å². The van der Waals surface area contributed by atoms with E-state index in [0.717, 1.165) is 83.1 Å². The van der Waals surface area contributed by atoms with Gasteiger partial charge in [-0.15, -0.1) is 0 Å². The maximum absolute atomic E-state index is 15.8. The molecular weight excluding hydrogens is 1260 g/mol. The Hall–Kier alpha value is -7.76. The van der Waals surface area contributed by atoms with Gasteiger partial charge in [0.05, 0.1) is 9.79 Å². The molecule has 3 aliphatic heterocycles. The molecule has 0 aromatic heterocycles. The number of hydrogen-bond acceptors (Lipinski definition) is 8. The van der Waals surface area contributed by atoms with Crippen LogP contribution in [0.3, 0.4) is 0 Å². The third kappa shape index (κ3) is 21.4. The zero-order valence-electron chi connectivity index (χ0n) is 57.2. The monoisotopic (exact) mass is 1360 g/mol. The Labute approximate surface area is 583 Å². The van der Waals surface area contributed by atoms with Crippen LogP contribution >= 0.6 is 0 Å². The lowest BCUT2D eigenvalue weighted by atomic mass is 9.96. The van der Waals surface area contributed by atoms with Crippen LogP contribution in [-0.4, -0.2) is 110 Å². The van der Waals surface area contributed by atoms with Crippen molar-refractivity contribution in [2.75, 3.05) is 19.6 Å². The number of carbonyl (C=O) groups is 4. The predicted molar refractivity (Wildman–Crippen MR) is 390 cm³/mol. The lowest BCUT2D eigenvalue weighted by Gasteiger charge is -2.37. The first kappa shape index (κ1) is 73.0. The molecule has 520 valence electrons. The van der Waals surface area contributed by atoms with Crippen LogP contribution in [0.2, 0.25) is 0 Å². The van der Waals surface area contributed by atoms with Crippen molar-refractivity contribution in [1.82, 2.24) is 29.5 Å². The van der Waals surface area contributed by atoms with E-state index in [1.165, 1.54) is 59.0 Å². The number of carbonyl (C=O) groups excluding carboxylic acids is 4. The van der Waals surface area contributed by atoms with Crippen molar-refractivity contribution in [2.24, 2.45) is 0 Å². The normalized spacial score (nSPS) is 17.2. The van der Waals surface area contributed by atoms with Crippen molar-refractivity contribution in [3.63, 3.8) is 0 Å². The highest BCUT2D eigenvalue weighted by atomic mass is 32.2. The van der Waals surface area contributed by atoms with Crippen LogP contribution in [0.1, 0.15) is 179 Å². The average molecular weight is 1360 g/mol. The lowest BCUT2D eigenvalue weighted by molar-refractivity contribution is -0.128. The Morgan fingerprint density at radius 3 is 0.878 bits per heavy atom. The number of hydrogen-bond donors (Lipinski definition) is 3. The number of sulfonamides is 2. The molecule has 10 rings (SSSR count). The Bertz CT molecular complexity index is 3520. The zero-order chi connectivity index (χ0) is 68.4. The number of nitrogens with zero attached hydrogens (tertiary/aromatic N) is 3. The number of nitrogens with one attached hydrogen (secondary N) is 3. The lowest BCUT2D eigenvalue weighted by Crippen LogP contribution is -2.54. The Kier molecular flexibility index (Phi) is 27.9. The smallest absolute Gasteiger partial charge is 0.254 e. The van der Waals surface area contributed by atoms with Crippen molar-refractivity contribution in [1.29, 1.82) is 0 Å². The summed E-state index contributed by atoms with van der Waals surface area (Å²) in [6.45, 7) is 0.165. The molecular formula is C82H102N6O8S2. The minimum Gasteiger partial charge on any atom is -0.352 e. The highest BCUT2D eigenvalue weighted by Gasteiger charge is 2.43. The van der Waals surface area contributed by atoms with Gasteiger partial charge < -0.3 is 20.9 Å². The summed E-state index contributed by atoms with van der Waals surface area (Å²) in [5, 5.41) is 9.99. The molecule has 3 N–H and O–H groups in total. The molecule has 3 fully saturated rings. The summed E-state index contributed by atoms with van der Waals surface area (Å²) in [5.74, 6) is -1.81. The van der Waals surface area contributed by atoms with E-state index in [2.05, 4.69) is 88.7 Å². The van der Waals surface area contributed by atoms with Gasteiger partial charge in [0, 0.05) is 43.3 Å². The topological polar surface area (TPSA) is 182 Å². The van der Waals surface area contributed by atoms with Crippen molar-refractivity contribution in [2.45, 2.75) is 219 Å². The van der Waals surface area contributed by atoms with E-state index in [9.17, 15) is 14.4 Å². The van der Waals surface area contributed by atoms with Crippen molar-refractivity contribution >= 4 is 43.7 Å². The molecule has 3 atom stereocenters. The SMILES string of the molecule is O=C(NC(CCCc1ccccc1)CCCc1ccccc1)[C@@H]1CCCCN1C(=O)c1cc(S(=O)(=O)N2CCCC[C@H]2C(=O)NC(CCCc2ccccc2)CCCc2ccccc2)cc(S(=O)(=O)N2CCCC[C@H]2C(=O)NC(CCCc2ccccc2)CCCc2ccccc2)c1. The van der Waals surface area contributed by atoms with Gasteiger partial charge in [-0.2, -0.15) is 8.61 Å². The third-order valence-corrected chi connectivity index (χ3v) is 23.9. The summed E-state index contributed by atoms with van der Waals surface area (Å²) in [4.78, 5) is 61.1. The van der Waals surface area contributed by atoms with E-state index in [1.807, 2.05) is 109 Å². The van der Waals surface area contributed by atoms with E-state index in [4.69, 9.17) is 0 Å². The molecule has 0 aliphatic carbocycles. The van der Waals surface area contributed by atoms with E-state index < -0.39 is 65.7 Å². The Morgan fingerprint density at radius 1 is 0.337 bits per heavy atom. The van der Waals surface area contributed by atoms with E-state index in [1.54, 1.807) is 0 Å². The molecule has 3 heterocycles. The zero-order valence-corrected chi connectivity index (χ0v) is 58.8. The van der Waals surface area contributed by atoms with Crippen LogP contribution in [0.25, 0.3) is 0 Å². The summed E-state index contributed by atoms with van der Waals surface area (Å²) >= 11 is 0. The van der Waals surface area contributed by atoms with Gasteiger partial charge in [-0.25, -0.2) is 16.8 Å². The van der Waals surface area contributed by atoms with Crippen LogP contribution in [0.4, 0.5) is 0 Å². The molecule has 0 radical (unpaired) electrons. The fourth-order valence-corrected chi connectivity index (χ4v) is 18.3. The van der Waals surface area contributed by atoms with Gasteiger partial charge in [0.2, 0.25) is 37.8 Å². The molecule has 0 bridgehead atoms. The third-order valence-electron chi connectivity index (χ3n) is 20.1. The summed E-state index contributed by atoms with van der Waals surface area (Å²) in [6, 6.07) is 61.1. The number of rotatable bonds is 35. The second-order valence-corrected chi connectivity index (χ2v) is 31.1. The first-order valence-electron chi connectivity index (χ1n) is 36.4. The summed E-state index contributed by atoms with van der Waals surface area (Å²) in [7, 11) is -9.49. The highest BCUT2D eigenvalue weighted by molar-refractivity contribution is 7.90. The number of piperidine rings is 3. The molecule has 16 heteroatoms. The second kappa shape index (κ2) is 37.4. The van der Waals surface area contributed by atoms with Gasteiger partial charge >= 0.3 is 0 Å². The molecule has 7 aromatic rings. The molecule has 14 nitrogen and oxygen atoms in total. The minimum absolute atomic E-state index is 0.00811. The summed E-state index contributed by atoms with van der Waals surface area (Å²) < 4.78 is 65.7. The van der Waals surface area contributed by atoms with Crippen LogP contribution in [0.5, 0.6) is 0 Å². The number of benzene rings is 7. The molecule has 98 heavy (non-hydrogen) atoms. The largest absolute Gasteiger partial charge is 0.352 e. The second-order valence-electron chi connectivity index (χ2n) is 27.3. The van der Waals surface area contributed by atoms with Gasteiger partial charge in [-0.1, -0.05) is 195 Å². The van der Waals surface area contributed by atoms with Crippen LogP contribution in [0.15, 0.2) is 210 Å². The summed E-state index contributed by atoms with van der Waals surface area (Å²) in [6.07, 6.45) is 18.1. The number of amides is 4. The fraction of sp³-hybridized carbons (Fsp3) is 0.439. The summed E-state index contributed by atoms with van der Waals surface area (Å²) in [5.41, 5.74) is 6.99. The molecule has 0 saturated carbocycles. The van der Waals surface area contributed by atoms with Gasteiger partial charge in [0.25, 0.3) is 5.91 Å².